The van der Waals surface area contributed by atoms with Crippen LogP contribution in [0.15, 0.2) is 54.4 Å². The van der Waals surface area contributed by atoms with Crippen LogP contribution in [-0.2, 0) is 11.2 Å². The van der Waals surface area contributed by atoms with Gasteiger partial charge in [-0.25, -0.2) is 4.98 Å². The monoisotopic (exact) mass is 366 g/mol. The first-order chi connectivity index (χ1) is 12.7. The number of ketones is 1. The molecular formula is C19H18N4O2S. The van der Waals surface area contributed by atoms with Crippen molar-refractivity contribution in [2.24, 2.45) is 0 Å². The number of carbonyl (C=O) groups excluding carboxylic acids is 2. The Labute approximate surface area is 155 Å². The number of nitrogens with one attached hydrogen (secondary N) is 1. The second kappa shape index (κ2) is 8.96. The zero-order chi connectivity index (χ0) is 18.2. The number of hydrogen-bond acceptors (Lipinski definition) is 6. The number of Topliss-reactive ketones (excluding diaryl/α,β-unsaturated/α-hetero) is 1. The van der Waals surface area contributed by atoms with E-state index in [0.29, 0.717) is 18.5 Å². The van der Waals surface area contributed by atoms with Crippen molar-refractivity contribution in [3.63, 3.8) is 0 Å². The van der Waals surface area contributed by atoms with Gasteiger partial charge in [0.25, 0.3) is 0 Å². The van der Waals surface area contributed by atoms with Crippen LogP contribution in [0.25, 0.3) is 10.6 Å². The lowest BCUT2D eigenvalue weighted by molar-refractivity contribution is -0.121. The molecule has 0 radical (unpaired) electrons. The van der Waals surface area contributed by atoms with Crippen molar-refractivity contribution in [3.8, 4) is 10.6 Å². The second-order valence-corrected chi connectivity index (χ2v) is 6.50. The zero-order valence-corrected chi connectivity index (χ0v) is 14.9. The van der Waals surface area contributed by atoms with Crippen LogP contribution in [0.5, 0.6) is 0 Å². The van der Waals surface area contributed by atoms with Crippen molar-refractivity contribution in [3.05, 3.63) is 65.7 Å². The van der Waals surface area contributed by atoms with Crippen molar-refractivity contribution in [2.75, 3.05) is 6.54 Å². The summed E-state index contributed by atoms with van der Waals surface area (Å²) in [5, 5.41) is 5.77. The van der Waals surface area contributed by atoms with Crippen LogP contribution in [-0.4, -0.2) is 33.2 Å². The highest BCUT2D eigenvalue weighted by Gasteiger charge is 2.10. The van der Waals surface area contributed by atoms with Crippen LogP contribution in [0.1, 0.15) is 28.9 Å². The van der Waals surface area contributed by atoms with Crippen LogP contribution < -0.4 is 5.32 Å². The maximum absolute atomic E-state index is 11.9. The van der Waals surface area contributed by atoms with E-state index in [1.54, 1.807) is 42.1 Å². The lowest BCUT2D eigenvalue weighted by Gasteiger charge is -2.04. The van der Waals surface area contributed by atoms with E-state index in [-0.39, 0.29) is 24.5 Å². The summed E-state index contributed by atoms with van der Waals surface area (Å²) < 4.78 is 0. The van der Waals surface area contributed by atoms with E-state index < -0.39 is 0 Å². The van der Waals surface area contributed by atoms with Crippen LogP contribution >= 0.6 is 11.3 Å². The molecule has 1 amide bonds. The van der Waals surface area contributed by atoms with Crippen molar-refractivity contribution in [1.29, 1.82) is 0 Å². The van der Waals surface area contributed by atoms with Gasteiger partial charge in [0.15, 0.2) is 5.78 Å². The number of thiazole rings is 1. The van der Waals surface area contributed by atoms with Crippen molar-refractivity contribution < 1.29 is 9.59 Å². The topological polar surface area (TPSA) is 84.8 Å². The van der Waals surface area contributed by atoms with E-state index in [9.17, 15) is 9.59 Å². The smallest absolute Gasteiger partial charge is 0.220 e. The number of carbonyl (C=O) groups is 2. The second-order valence-electron chi connectivity index (χ2n) is 5.64. The maximum atomic E-state index is 11.9. The summed E-state index contributed by atoms with van der Waals surface area (Å²) in [7, 11) is 0. The summed E-state index contributed by atoms with van der Waals surface area (Å²) in [5.74, 6) is -0.207. The summed E-state index contributed by atoms with van der Waals surface area (Å²) in [6.07, 6.45) is 7.62. The fraction of sp³-hybridized carbons (Fsp3) is 0.211. The molecule has 0 spiro atoms. The molecular weight excluding hydrogens is 348 g/mol. The van der Waals surface area contributed by atoms with Crippen LogP contribution in [0.4, 0.5) is 0 Å². The van der Waals surface area contributed by atoms with E-state index in [1.807, 2.05) is 17.5 Å². The van der Waals surface area contributed by atoms with Gasteiger partial charge in [0.2, 0.25) is 5.91 Å². The standard InChI is InChI=1S/C19H18N4O2S/c24-17(15-2-1-8-21-12-15)3-4-18(25)22-11-7-16-13-26-19(23-16)14-5-9-20-10-6-14/h1-2,5-6,8-10,12-13H,3-4,7,11H2,(H,22,25). The summed E-state index contributed by atoms with van der Waals surface area (Å²) in [5.41, 5.74) is 2.51. The van der Waals surface area contributed by atoms with Crippen molar-refractivity contribution >= 4 is 23.0 Å². The van der Waals surface area contributed by atoms with Gasteiger partial charge in [-0.2, -0.15) is 0 Å². The number of pyridine rings is 2. The molecule has 0 aliphatic carbocycles. The van der Waals surface area contributed by atoms with Gasteiger partial charge in [0.05, 0.1) is 5.69 Å². The molecule has 0 fully saturated rings. The molecule has 0 unspecified atom stereocenters. The van der Waals surface area contributed by atoms with Crippen molar-refractivity contribution in [2.45, 2.75) is 19.3 Å². The molecule has 0 saturated carbocycles. The predicted octanol–water partition coefficient (Wildman–Crippen LogP) is 2.92. The first-order valence-corrected chi connectivity index (χ1v) is 9.15. The van der Waals surface area contributed by atoms with Gasteiger partial charge in [-0.05, 0) is 24.3 Å². The molecule has 3 aromatic rings. The highest BCUT2D eigenvalue weighted by molar-refractivity contribution is 7.13. The largest absolute Gasteiger partial charge is 0.356 e. The summed E-state index contributed by atoms with van der Waals surface area (Å²) in [6.45, 7) is 0.499. The minimum absolute atomic E-state index is 0.0743. The molecule has 26 heavy (non-hydrogen) atoms. The first kappa shape index (κ1) is 17.9. The third-order valence-electron chi connectivity index (χ3n) is 3.74. The average Bonchev–Trinajstić information content (AvgIpc) is 3.16. The predicted molar refractivity (Wildman–Crippen MR) is 99.9 cm³/mol. The Balaban J connectivity index is 1.40. The molecule has 0 aromatic carbocycles. The van der Waals surface area contributed by atoms with Crippen LogP contribution in [0, 0.1) is 0 Å². The third-order valence-corrected chi connectivity index (χ3v) is 4.69. The van der Waals surface area contributed by atoms with E-state index >= 15 is 0 Å². The Kier molecular flexibility index (Phi) is 6.16. The van der Waals surface area contributed by atoms with E-state index in [4.69, 9.17) is 0 Å². The Morgan fingerprint density at radius 2 is 1.88 bits per heavy atom. The Morgan fingerprint density at radius 1 is 1.04 bits per heavy atom. The summed E-state index contributed by atoms with van der Waals surface area (Å²) in [4.78, 5) is 36.3. The van der Waals surface area contributed by atoms with Gasteiger partial charge in [-0.3, -0.25) is 19.6 Å². The van der Waals surface area contributed by atoms with E-state index in [2.05, 4.69) is 20.3 Å². The molecule has 3 aromatic heterocycles. The molecule has 0 bridgehead atoms. The highest BCUT2D eigenvalue weighted by Crippen LogP contribution is 2.22. The molecule has 0 aliphatic heterocycles. The van der Waals surface area contributed by atoms with Gasteiger partial charge in [0, 0.05) is 67.1 Å². The normalized spacial score (nSPS) is 10.5. The first-order valence-electron chi connectivity index (χ1n) is 8.27. The minimum Gasteiger partial charge on any atom is -0.356 e. The Morgan fingerprint density at radius 3 is 2.65 bits per heavy atom. The van der Waals surface area contributed by atoms with Gasteiger partial charge in [-0.1, -0.05) is 0 Å². The molecule has 3 heterocycles. The molecule has 0 saturated heterocycles. The van der Waals surface area contributed by atoms with Gasteiger partial charge in [0.1, 0.15) is 5.01 Å². The SMILES string of the molecule is O=C(CCC(=O)c1cccnc1)NCCc1csc(-c2ccncc2)n1. The molecule has 7 heteroatoms. The lowest BCUT2D eigenvalue weighted by atomic mass is 10.1. The molecule has 3 rings (SSSR count). The van der Waals surface area contributed by atoms with Crippen LogP contribution in [0.3, 0.4) is 0 Å². The number of amides is 1. The van der Waals surface area contributed by atoms with Gasteiger partial charge < -0.3 is 5.32 Å². The lowest BCUT2D eigenvalue weighted by Crippen LogP contribution is -2.26. The fourth-order valence-electron chi connectivity index (χ4n) is 2.37. The fourth-order valence-corrected chi connectivity index (χ4v) is 3.23. The number of aromatic nitrogens is 3. The van der Waals surface area contributed by atoms with Crippen LogP contribution in [0.2, 0.25) is 0 Å². The molecule has 0 aliphatic rings. The highest BCUT2D eigenvalue weighted by atomic mass is 32.1. The van der Waals surface area contributed by atoms with E-state index in [1.165, 1.54) is 6.20 Å². The summed E-state index contributed by atoms with van der Waals surface area (Å²) >= 11 is 1.57. The quantitative estimate of drug-likeness (QED) is 0.620. The maximum Gasteiger partial charge on any atom is 0.220 e. The van der Waals surface area contributed by atoms with Gasteiger partial charge >= 0.3 is 0 Å². The summed E-state index contributed by atoms with van der Waals surface area (Å²) in [6, 6.07) is 7.25. The third kappa shape index (κ3) is 5.03. The van der Waals surface area contributed by atoms with Crippen molar-refractivity contribution in [1.82, 2.24) is 20.3 Å². The Bertz CT molecular complexity index is 866. The molecule has 0 atom stereocenters. The zero-order valence-electron chi connectivity index (χ0n) is 14.1. The van der Waals surface area contributed by atoms with E-state index in [0.717, 1.165) is 16.3 Å². The minimum atomic E-state index is -0.133. The van der Waals surface area contributed by atoms with Gasteiger partial charge in [-0.15, -0.1) is 11.3 Å². The average molecular weight is 366 g/mol. The molecule has 6 nitrogen and oxygen atoms in total. The Hall–Kier alpha value is -2.93. The number of nitrogens with zero attached hydrogens (tertiary/aromatic N) is 3. The molecule has 1 N–H and O–H groups in total. The number of rotatable bonds is 8. The molecule has 132 valence electrons. The number of hydrogen-bond donors (Lipinski definition) is 1.